The van der Waals surface area contributed by atoms with Crippen molar-refractivity contribution in [2.75, 3.05) is 18.9 Å². The van der Waals surface area contributed by atoms with Crippen LogP contribution < -0.4 is 11.4 Å². The minimum Gasteiger partial charge on any atom is -0.394 e. The molecule has 1 fully saturated rings. The molecule has 7 rings (SSSR count). The Morgan fingerprint density at radius 1 is 0.976 bits per heavy atom. The lowest BCUT2D eigenvalue weighted by Gasteiger charge is -2.16. The van der Waals surface area contributed by atoms with Gasteiger partial charge in [-0.2, -0.15) is 4.98 Å². The summed E-state index contributed by atoms with van der Waals surface area (Å²) in [6, 6.07) is 23.7. The number of nitrogens with zero attached hydrogens (tertiary/aromatic N) is 2. The molecule has 4 N–H and O–H groups in total. The third-order valence-corrected chi connectivity index (χ3v) is 7.95. The van der Waals surface area contributed by atoms with E-state index in [-0.39, 0.29) is 25.5 Å². The van der Waals surface area contributed by atoms with Crippen molar-refractivity contribution in [3.05, 3.63) is 94.5 Å². The van der Waals surface area contributed by atoms with Crippen LogP contribution in [0.4, 0.5) is 5.82 Å². The van der Waals surface area contributed by atoms with Gasteiger partial charge in [0.15, 0.2) is 0 Å². The van der Waals surface area contributed by atoms with Gasteiger partial charge in [-0.3, -0.25) is 4.57 Å². The Morgan fingerprint density at radius 2 is 1.66 bits per heavy atom. The second-order valence-electron chi connectivity index (χ2n) is 10.3. The molecule has 8 nitrogen and oxygen atoms in total. The summed E-state index contributed by atoms with van der Waals surface area (Å²) in [4.78, 5) is 16.2. The predicted molar refractivity (Wildman–Crippen MR) is 159 cm³/mol. The molecular formula is C33H27N3O5. The Bertz CT molecular complexity index is 2010. The summed E-state index contributed by atoms with van der Waals surface area (Å²) in [6.07, 6.45) is -0.768. The van der Waals surface area contributed by atoms with Crippen LogP contribution in [0.15, 0.2) is 77.7 Å². The van der Waals surface area contributed by atoms with Crippen LogP contribution in [-0.4, -0.2) is 45.2 Å². The summed E-state index contributed by atoms with van der Waals surface area (Å²) in [7, 11) is 0. The van der Waals surface area contributed by atoms with Gasteiger partial charge in [0.2, 0.25) is 0 Å². The van der Waals surface area contributed by atoms with E-state index < -0.39 is 24.1 Å². The van der Waals surface area contributed by atoms with E-state index in [1.165, 1.54) is 48.5 Å². The highest BCUT2D eigenvalue weighted by Gasteiger charge is 2.35. The highest BCUT2D eigenvalue weighted by Crippen LogP contribution is 2.41. The van der Waals surface area contributed by atoms with Crippen LogP contribution in [0.1, 0.15) is 23.8 Å². The van der Waals surface area contributed by atoms with Gasteiger partial charge in [0.05, 0.1) is 24.9 Å². The van der Waals surface area contributed by atoms with Crippen molar-refractivity contribution in [1.29, 1.82) is 0 Å². The molecule has 204 valence electrons. The summed E-state index contributed by atoms with van der Waals surface area (Å²) < 4.78 is 12.8. The largest absolute Gasteiger partial charge is 0.394 e. The quantitative estimate of drug-likeness (QED) is 0.129. The first kappa shape index (κ1) is 25.4. The molecule has 1 aromatic heterocycles. The van der Waals surface area contributed by atoms with Crippen molar-refractivity contribution < 1.29 is 19.7 Å². The number of hydrogen-bond acceptors (Lipinski definition) is 7. The number of ether oxygens (including phenoxy) is 2. The Balaban J connectivity index is 1.14. The topological polar surface area (TPSA) is 120 Å². The standard InChI is InChI=1S/C33H27N3O5/c34-32-20(16-36(33(39)35-32)29-15-27(38)28(17-37)41-29)7-4-14-40-18-21-12-13-26-24-10-2-6-19-5-1-9-23(30(19)24)25-11-3-8-22(21)31(25)26/h1-3,5-6,8-13,16,27-29,37-38H,14-15,17-18H2,(H2,34,35,39)/t27-,28+,29+/m0/s1. The first-order valence-corrected chi connectivity index (χ1v) is 13.5. The minimum atomic E-state index is -0.879. The summed E-state index contributed by atoms with van der Waals surface area (Å²) in [5.41, 5.74) is 6.77. The average Bonchev–Trinajstić information content (AvgIpc) is 3.37. The van der Waals surface area contributed by atoms with Crippen molar-refractivity contribution in [3.63, 3.8) is 0 Å². The minimum absolute atomic E-state index is 0.00914. The molecule has 0 aliphatic carbocycles. The molecule has 0 saturated carbocycles. The van der Waals surface area contributed by atoms with Gasteiger partial charge < -0.3 is 25.4 Å². The van der Waals surface area contributed by atoms with E-state index in [9.17, 15) is 15.0 Å². The highest BCUT2D eigenvalue weighted by molar-refractivity contribution is 6.33. The number of aliphatic hydroxyl groups excluding tert-OH is 2. The lowest BCUT2D eigenvalue weighted by Crippen LogP contribution is -2.28. The summed E-state index contributed by atoms with van der Waals surface area (Å²) >= 11 is 0. The third kappa shape index (κ3) is 4.27. The number of aromatic nitrogens is 2. The van der Waals surface area contributed by atoms with E-state index in [2.05, 4.69) is 83.6 Å². The molecule has 0 unspecified atom stereocenters. The highest BCUT2D eigenvalue weighted by atomic mass is 16.5. The number of rotatable bonds is 5. The van der Waals surface area contributed by atoms with E-state index in [4.69, 9.17) is 15.2 Å². The Hall–Kier alpha value is -4.52. The van der Waals surface area contributed by atoms with Crippen LogP contribution in [0.5, 0.6) is 0 Å². The molecule has 6 aromatic rings. The van der Waals surface area contributed by atoms with Gasteiger partial charge in [-0.25, -0.2) is 4.79 Å². The number of fused-ring (bicyclic) bond motifs is 2. The van der Waals surface area contributed by atoms with Crippen molar-refractivity contribution in [3.8, 4) is 11.8 Å². The fraction of sp³-hybridized carbons (Fsp3) is 0.212. The Labute approximate surface area is 234 Å². The van der Waals surface area contributed by atoms with Gasteiger partial charge in [-0.1, -0.05) is 78.6 Å². The van der Waals surface area contributed by atoms with Crippen molar-refractivity contribution in [2.24, 2.45) is 0 Å². The molecule has 0 bridgehead atoms. The van der Waals surface area contributed by atoms with E-state index in [1.807, 2.05) is 0 Å². The molecule has 8 heteroatoms. The molecule has 1 aliphatic heterocycles. The van der Waals surface area contributed by atoms with E-state index in [1.54, 1.807) is 0 Å². The lowest BCUT2D eigenvalue weighted by atomic mass is 9.88. The van der Waals surface area contributed by atoms with Crippen molar-refractivity contribution >= 4 is 48.9 Å². The molecule has 3 atom stereocenters. The smallest absolute Gasteiger partial charge is 0.351 e. The first-order valence-electron chi connectivity index (χ1n) is 13.5. The number of nitrogen functional groups attached to an aromatic ring is 1. The normalized spacial score (nSPS) is 18.9. The van der Waals surface area contributed by atoms with Gasteiger partial charge in [-0.15, -0.1) is 0 Å². The molecule has 0 amide bonds. The number of benzene rings is 5. The number of aliphatic hydroxyl groups is 2. The van der Waals surface area contributed by atoms with E-state index >= 15 is 0 Å². The van der Waals surface area contributed by atoms with Gasteiger partial charge in [0.25, 0.3) is 0 Å². The van der Waals surface area contributed by atoms with Crippen LogP contribution in [0.25, 0.3) is 43.1 Å². The van der Waals surface area contributed by atoms with Crippen LogP contribution in [-0.2, 0) is 16.1 Å². The van der Waals surface area contributed by atoms with Gasteiger partial charge in [-0.05, 0) is 48.7 Å². The molecule has 1 saturated heterocycles. The summed E-state index contributed by atoms with van der Waals surface area (Å²) in [5.74, 6) is 5.90. The van der Waals surface area contributed by atoms with Crippen molar-refractivity contribution in [1.82, 2.24) is 9.55 Å². The number of nitrogens with two attached hydrogens (primary N) is 1. The first-order chi connectivity index (χ1) is 20.0. The lowest BCUT2D eigenvalue weighted by molar-refractivity contribution is -0.0458. The SMILES string of the molecule is Nc1nc(=O)n([C@H]2C[C@H](O)[C@@H](CO)O2)cc1C#CCOCc1ccc2c3cccc4cccc(c5cccc1c52)c43. The summed E-state index contributed by atoms with van der Waals surface area (Å²) in [6.45, 7) is 0.181. The predicted octanol–water partition coefficient (Wildman–Crippen LogP) is 4.09. The maximum atomic E-state index is 12.4. The number of hydrogen-bond donors (Lipinski definition) is 3. The van der Waals surface area contributed by atoms with Gasteiger partial charge in [0.1, 0.15) is 24.8 Å². The number of anilines is 1. The van der Waals surface area contributed by atoms with Gasteiger partial charge in [0, 0.05) is 12.6 Å². The van der Waals surface area contributed by atoms with Crippen LogP contribution in [0.3, 0.4) is 0 Å². The molecular weight excluding hydrogens is 518 g/mol. The van der Waals surface area contributed by atoms with Crippen LogP contribution in [0.2, 0.25) is 0 Å². The van der Waals surface area contributed by atoms with Crippen LogP contribution in [0, 0.1) is 11.8 Å². The average molecular weight is 546 g/mol. The zero-order valence-corrected chi connectivity index (χ0v) is 22.1. The third-order valence-electron chi connectivity index (χ3n) is 7.95. The molecule has 0 radical (unpaired) electrons. The fourth-order valence-electron chi connectivity index (χ4n) is 6.01. The van der Waals surface area contributed by atoms with E-state index in [0.717, 1.165) is 10.9 Å². The molecule has 2 heterocycles. The molecule has 0 spiro atoms. The van der Waals surface area contributed by atoms with Crippen molar-refractivity contribution in [2.45, 2.75) is 31.5 Å². The van der Waals surface area contributed by atoms with Crippen LogP contribution >= 0.6 is 0 Å². The second-order valence-corrected chi connectivity index (χ2v) is 10.3. The maximum Gasteiger partial charge on any atom is 0.351 e. The zero-order chi connectivity index (χ0) is 28.1. The van der Waals surface area contributed by atoms with Gasteiger partial charge >= 0.3 is 5.69 Å². The molecule has 1 aliphatic rings. The second kappa shape index (κ2) is 10.1. The summed E-state index contributed by atoms with van der Waals surface area (Å²) in [5, 5.41) is 29.2. The molecule has 5 aromatic carbocycles. The van der Waals surface area contributed by atoms with E-state index in [0.29, 0.717) is 12.2 Å². The fourth-order valence-corrected chi connectivity index (χ4v) is 6.01. The Kier molecular flexibility index (Phi) is 6.30. The maximum absolute atomic E-state index is 12.4. The zero-order valence-electron chi connectivity index (χ0n) is 22.1. The Morgan fingerprint density at radius 3 is 2.39 bits per heavy atom. The monoisotopic (exact) mass is 545 g/mol. The molecule has 41 heavy (non-hydrogen) atoms.